The van der Waals surface area contributed by atoms with Gasteiger partial charge < -0.3 is 15.3 Å². The fraction of sp³-hybridized carbons (Fsp3) is 0.857. The van der Waals surface area contributed by atoms with Crippen LogP contribution in [0.25, 0.3) is 0 Å². The highest BCUT2D eigenvalue weighted by atomic mass is 16.4. The summed E-state index contributed by atoms with van der Waals surface area (Å²) in [5.74, 6) is 0.246. The maximum Gasteiger partial charge on any atom is 0.323 e. The zero-order valence-electron chi connectivity index (χ0n) is 12.0. The third-order valence-corrected chi connectivity index (χ3v) is 3.27. The minimum atomic E-state index is -0.949. The van der Waals surface area contributed by atoms with Gasteiger partial charge in [-0.05, 0) is 31.1 Å². The molecule has 1 fully saturated rings. The number of hydrogen-bond donors (Lipinski definition) is 2. The number of nitrogens with zero attached hydrogens (tertiary/aromatic N) is 1. The van der Waals surface area contributed by atoms with Crippen molar-refractivity contribution in [1.82, 2.24) is 10.2 Å². The lowest BCUT2D eigenvalue weighted by atomic mass is 10.1. The van der Waals surface area contributed by atoms with Crippen LogP contribution in [0.2, 0.25) is 0 Å². The van der Waals surface area contributed by atoms with Crippen molar-refractivity contribution in [3.63, 3.8) is 0 Å². The molecule has 2 amide bonds. The molecule has 110 valence electrons. The zero-order chi connectivity index (χ0) is 14.3. The van der Waals surface area contributed by atoms with Gasteiger partial charge in [-0.2, -0.15) is 0 Å². The van der Waals surface area contributed by atoms with Gasteiger partial charge in [0.05, 0.1) is 0 Å². The van der Waals surface area contributed by atoms with Crippen molar-refractivity contribution in [2.24, 2.45) is 11.8 Å². The standard InChI is InChI=1S/C14H26N2O3/c1-11(2)5-3-4-8-15-14(19)16(10-13(17)18)9-12-6-7-12/h11-12H,3-10H2,1-2H3,(H,15,19)(H,17,18). The highest BCUT2D eigenvalue weighted by Gasteiger charge is 2.27. The second kappa shape index (κ2) is 8.02. The Labute approximate surface area is 115 Å². The Morgan fingerprint density at radius 2 is 2.00 bits per heavy atom. The summed E-state index contributed by atoms with van der Waals surface area (Å²) in [5.41, 5.74) is 0. The number of amides is 2. The number of carboxylic acids is 1. The quantitative estimate of drug-likeness (QED) is 0.632. The van der Waals surface area contributed by atoms with Gasteiger partial charge in [-0.1, -0.05) is 26.7 Å². The Bertz CT molecular complexity index is 301. The first-order chi connectivity index (χ1) is 8.99. The minimum absolute atomic E-state index is 0.200. The highest BCUT2D eigenvalue weighted by molar-refractivity contribution is 5.80. The number of aliphatic carboxylic acids is 1. The Balaban J connectivity index is 2.20. The third kappa shape index (κ3) is 7.70. The molecule has 0 aromatic rings. The fourth-order valence-corrected chi connectivity index (χ4v) is 1.98. The first-order valence-electron chi connectivity index (χ1n) is 7.23. The van der Waals surface area contributed by atoms with Crippen LogP contribution in [0.1, 0.15) is 46.0 Å². The van der Waals surface area contributed by atoms with E-state index >= 15 is 0 Å². The highest BCUT2D eigenvalue weighted by Crippen LogP contribution is 2.29. The lowest BCUT2D eigenvalue weighted by Crippen LogP contribution is -2.44. The van der Waals surface area contributed by atoms with Gasteiger partial charge in [0.2, 0.25) is 0 Å². The maximum atomic E-state index is 11.9. The Morgan fingerprint density at radius 3 is 2.53 bits per heavy atom. The number of carbonyl (C=O) groups excluding carboxylic acids is 1. The van der Waals surface area contributed by atoms with Crippen molar-refractivity contribution in [3.8, 4) is 0 Å². The molecule has 19 heavy (non-hydrogen) atoms. The normalized spacial score (nSPS) is 14.5. The summed E-state index contributed by atoms with van der Waals surface area (Å²) in [6.45, 7) is 5.37. The summed E-state index contributed by atoms with van der Waals surface area (Å²) in [4.78, 5) is 24.1. The molecule has 0 heterocycles. The molecule has 0 saturated heterocycles. The van der Waals surface area contributed by atoms with E-state index in [1.54, 1.807) is 0 Å². The number of unbranched alkanes of at least 4 members (excludes halogenated alkanes) is 1. The van der Waals surface area contributed by atoms with E-state index in [1.807, 2.05) is 0 Å². The fourth-order valence-electron chi connectivity index (χ4n) is 1.98. The molecular weight excluding hydrogens is 244 g/mol. The molecule has 0 atom stereocenters. The maximum absolute atomic E-state index is 11.9. The Morgan fingerprint density at radius 1 is 1.32 bits per heavy atom. The SMILES string of the molecule is CC(C)CCCCNC(=O)N(CC(=O)O)CC1CC1. The molecule has 5 nitrogen and oxygen atoms in total. The van der Waals surface area contributed by atoms with Crippen molar-refractivity contribution >= 4 is 12.0 Å². The average molecular weight is 270 g/mol. The Hall–Kier alpha value is -1.26. The first kappa shape index (κ1) is 15.8. The number of hydrogen-bond acceptors (Lipinski definition) is 2. The summed E-state index contributed by atoms with van der Waals surface area (Å²) >= 11 is 0. The zero-order valence-corrected chi connectivity index (χ0v) is 12.0. The predicted octanol–water partition coefficient (Wildman–Crippen LogP) is 2.32. The molecule has 0 radical (unpaired) electrons. The largest absolute Gasteiger partial charge is 0.480 e. The van der Waals surface area contributed by atoms with Gasteiger partial charge in [-0.25, -0.2) is 4.79 Å². The van der Waals surface area contributed by atoms with Crippen LogP contribution in [0, 0.1) is 11.8 Å². The smallest absolute Gasteiger partial charge is 0.323 e. The van der Waals surface area contributed by atoms with E-state index in [0.717, 1.165) is 32.1 Å². The molecule has 0 spiro atoms. The van der Waals surface area contributed by atoms with Crippen LogP contribution in [0.3, 0.4) is 0 Å². The number of carbonyl (C=O) groups is 2. The summed E-state index contributed by atoms with van der Waals surface area (Å²) in [5, 5.41) is 11.6. The Kier molecular flexibility index (Phi) is 6.67. The van der Waals surface area contributed by atoms with Gasteiger partial charge in [0.25, 0.3) is 0 Å². The van der Waals surface area contributed by atoms with E-state index in [9.17, 15) is 9.59 Å². The van der Waals surface area contributed by atoms with Gasteiger partial charge in [-0.15, -0.1) is 0 Å². The molecule has 0 aromatic heterocycles. The van der Waals surface area contributed by atoms with E-state index in [1.165, 1.54) is 4.90 Å². The molecule has 0 aromatic carbocycles. The molecule has 0 bridgehead atoms. The summed E-state index contributed by atoms with van der Waals surface area (Å²) in [7, 11) is 0. The number of carboxylic acid groups (broad SMARTS) is 1. The van der Waals surface area contributed by atoms with Gasteiger partial charge >= 0.3 is 12.0 Å². The number of urea groups is 1. The van der Waals surface area contributed by atoms with E-state index < -0.39 is 5.97 Å². The second-order valence-corrected chi connectivity index (χ2v) is 5.84. The van der Waals surface area contributed by atoms with E-state index in [-0.39, 0.29) is 12.6 Å². The molecule has 1 saturated carbocycles. The number of rotatable bonds is 9. The van der Waals surface area contributed by atoms with E-state index in [0.29, 0.717) is 24.9 Å². The predicted molar refractivity (Wildman–Crippen MR) is 74.0 cm³/mol. The van der Waals surface area contributed by atoms with Crippen molar-refractivity contribution in [1.29, 1.82) is 0 Å². The molecule has 1 aliphatic carbocycles. The van der Waals surface area contributed by atoms with Gasteiger partial charge in [0, 0.05) is 13.1 Å². The van der Waals surface area contributed by atoms with Crippen LogP contribution in [0.15, 0.2) is 0 Å². The van der Waals surface area contributed by atoms with Gasteiger partial charge in [0.15, 0.2) is 0 Å². The third-order valence-electron chi connectivity index (χ3n) is 3.27. The van der Waals surface area contributed by atoms with E-state index in [4.69, 9.17) is 5.11 Å². The van der Waals surface area contributed by atoms with Crippen LogP contribution >= 0.6 is 0 Å². The van der Waals surface area contributed by atoms with Crippen LogP contribution < -0.4 is 5.32 Å². The van der Waals surface area contributed by atoms with Crippen LogP contribution in [0.5, 0.6) is 0 Å². The monoisotopic (exact) mass is 270 g/mol. The van der Waals surface area contributed by atoms with Crippen LogP contribution in [-0.2, 0) is 4.79 Å². The van der Waals surface area contributed by atoms with Crippen molar-refractivity contribution < 1.29 is 14.7 Å². The molecule has 1 rings (SSSR count). The molecular formula is C14H26N2O3. The lowest BCUT2D eigenvalue weighted by molar-refractivity contribution is -0.137. The van der Waals surface area contributed by atoms with Gasteiger partial charge in [-0.3, -0.25) is 4.79 Å². The molecule has 1 aliphatic rings. The number of nitrogens with one attached hydrogen (secondary N) is 1. The molecule has 0 aliphatic heterocycles. The molecule has 5 heteroatoms. The summed E-state index contributed by atoms with van der Waals surface area (Å²) in [6, 6.07) is -0.237. The average Bonchev–Trinajstić information content (AvgIpc) is 3.10. The van der Waals surface area contributed by atoms with Crippen molar-refractivity contribution in [2.75, 3.05) is 19.6 Å². The van der Waals surface area contributed by atoms with E-state index in [2.05, 4.69) is 19.2 Å². The summed E-state index contributed by atoms with van der Waals surface area (Å²) in [6.07, 6.45) is 5.43. The van der Waals surface area contributed by atoms with Crippen molar-refractivity contribution in [3.05, 3.63) is 0 Å². The lowest BCUT2D eigenvalue weighted by Gasteiger charge is -2.21. The molecule has 2 N–H and O–H groups in total. The summed E-state index contributed by atoms with van der Waals surface area (Å²) < 4.78 is 0. The minimum Gasteiger partial charge on any atom is -0.480 e. The molecule has 0 unspecified atom stereocenters. The first-order valence-corrected chi connectivity index (χ1v) is 7.23. The van der Waals surface area contributed by atoms with Crippen LogP contribution in [0.4, 0.5) is 4.79 Å². The van der Waals surface area contributed by atoms with Gasteiger partial charge in [0.1, 0.15) is 6.54 Å². The second-order valence-electron chi connectivity index (χ2n) is 5.84. The topological polar surface area (TPSA) is 69.6 Å². The van der Waals surface area contributed by atoms with Crippen molar-refractivity contribution in [2.45, 2.75) is 46.0 Å². The van der Waals surface area contributed by atoms with Crippen LogP contribution in [-0.4, -0.2) is 41.6 Å².